The first-order valence-corrected chi connectivity index (χ1v) is 11.6. The Balaban J connectivity index is 1.47. The van der Waals surface area contributed by atoms with Crippen LogP contribution in [0.4, 0.5) is 14.6 Å². The molecule has 0 radical (unpaired) electrons. The Morgan fingerprint density at radius 1 is 1.20 bits per heavy atom. The van der Waals surface area contributed by atoms with Crippen LogP contribution < -0.4 is 10.9 Å². The number of amides is 1. The zero-order chi connectivity index (χ0) is 24.7. The maximum absolute atomic E-state index is 13.6. The van der Waals surface area contributed by atoms with E-state index < -0.39 is 6.43 Å². The number of likely N-dealkylation sites (tertiary alicyclic amines) is 1. The van der Waals surface area contributed by atoms with Crippen molar-refractivity contribution in [1.29, 1.82) is 0 Å². The summed E-state index contributed by atoms with van der Waals surface area (Å²) in [4.78, 5) is 38.3. The zero-order valence-corrected chi connectivity index (χ0v) is 19.5. The summed E-state index contributed by atoms with van der Waals surface area (Å²) in [6, 6.07) is 6.82. The van der Waals surface area contributed by atoms with Gasteiger partial charge in [-0.3, -0.25) is 14.2 Å². The fourth-order valence-electron chi connectivity index (χ4n) is 4.96. The summed E-state index contributed by atoms with van der Waals surface area (Å²) in [5.41, 5.74) is 2.37. The molecule has 0 aliphatic carbocycles. The molecule has 0 saturated carbocycles. The van der Waals surface area contributed by atoms with E-state index in [1.807, 2.05) is 12.1 Å². The van der Waals surface area contributed by atoms with Gasteiger partial charge in [-0.25, -0.2) is 18.7 Å². The number of carbonyl (C=O) groups is 1. The van der Waals surface area contributed by atoms with Crippen LogP contribution in [0.15, 0.2) is 41.6 Å². The molecule has 0 unspecified atom stereocenters. The van der Waals surface area contributed by atoms with Crippen molar-refractivity contribution in [2.75, 3.05) is 18.4 Å². The van der Waals surface area contributed by atoms with E-state index in [-0.39, 0.29) is 29.5 Å². The van der Waals surface area contributed by atoms with Gasteiger partial charge in [-0.2, -0.15) is 0 Å². The predicted octanol–water partition coefficient (Wildman–Crippen LogP) is 4.09. The maximum Gasteiger partial charge on any atom is 0.264 e. The lowest BCUT2D eigenvalue weighted by Crippen LogP contribution is -2.38. The van der Waals surface area contributed by atoms with Crippen LogP contribution in [0.3, 0.4) is 0 Å². The first-order valence-electron chi connectivity index (χ1n) is 11.6. The van der Waals surface area contributed by atoms with Gasteiger partial charge in [0.05, 0.1) is 5.39 Å². The monoisotopic (exact) mass is 480 g/mol. The van der Waals surface area contributed by atoms with Gasteiger partial charge < -0.3 is 15.2 Å². The van der Waals surface area contributed by atoms with Crippen molar-refractivity contribution in [2.24, 2.45) is 7.05 Å². The lowest BCUT2D eigenvalue weighted by atomic mass is 9.89. The van der Waals surface area contributed by atoms with E-state index in [4.69, 9.17) is 0 Å². The van der Waals surface area contributed by atoms with Crippen LogP contribution in [0.25, 0.3) is 21.9 Å². The standard InChI is InChI=1S/C25H26F2N6O2/c1-14(34)33-7-4-16(5-8-33)18-11-20-23(30-13-31-24(20)32(2)25(18)35)29-12-15-9-19(22(26)27)17-3-6-28-21(17)10-15/h3,6,9-11,13,16,22,28H,4-5,7-8,12H2,1-2H3,(H,29,30,31). The number of aromatic nitrogens is 4. The molecule has 1 amide bonds. The average molecular weight is 481 g/mol. The summed E-state index contributed by atoms with van der Waals surface area (Å²) in [5, 5.41) is 4.44. The third kappa shape index (κ3) is 4.24. The molecule has 35 heavy (non-hydrogen) atoms. The molecule has 0 spiro atoms. The van der Waals surface area contributed by atoms with E-state index in [1.54, 1.807) is 31.1 Å². The van der Waals surface area contributed by atoms with Crippen LogP contribution in [0.2, 0.25) is 0 Å². The van der Waals surface area contributed by atoms with Gasteiger partial charge in [0.25, 0.3) is 12.0 Å². The second-order valence-electron chi connectivity index (χ2n) is 8.98. The van der Waals surface area contributed by atoms with Crippen LogP contribution in [0.1, 0.15) is 48.8 Å². The van der Waals surface area contributed by atoms with Crippen molar-refractivity contribution >= 4 is 33.7 Å². The lowest BCUT2D eigenvalue weighted by Gasteiger charge is -2.31. The van der Waals surface area contributed by atoms with Crippen LogP contribution in [0.5, 0.6) is 0 Å². The molecule has 5 rings (SSSR count). The van der Waals surface area contributed by atoms with Crippen molar-refractivity contribution < 1.29 is 13.6 Å². The number of H-pyrrole nitrogens is 1. The van der Waals surface area contributed by atoms with Gasteiger partial charge in [0.1, 0.15) is 17.8 Å². The number of aromatic amines is 1. The molecule has 1 saturated heterocycles. The van der Waals surface area contributed by atoms with Gasteiger partial charge in [0, 0.05) is 61.8 Å². The second kappa shape index (κ2) is 9.09. The highest BCUT2D eigenvalue weighted by molar-refractivity contribution is 5.87. The quantitative estimate of drug-likeness (QED) is 0.449. The fraction of sp³-hybridized carbons (Fsp3) is 0.360. The number of fused-ring (bicyclic) bond motifs is 2. The molecule has 1 aliphatic rings. The number of pyridine rings is 1. The van der Waals surface area contributed by atoms with E-state index >= 15 is 0 Å². The maximum atomic E-state index is 13.6. The Labute approximate surface area is 200 Å². The highest BCUT2D eigenvalue weighted by Crippen LogP contribution is 2.31. The van der Waals surface area contributed by atoms with Crippen molar-refractivity contribution in [3.63, 3.8) is 0 Å². The summed E-state index contributed by atoms with van der Waals surface area (Å²) in [6.07, 6.45) is 1.87. The van der Waals surface area contributed by atoms with Crippen LogP contribution >= 0.6 is 0 Å². The van der Waals surface area contributed by atoms with Gasteiger partial charge in [0.15, 0.2) is 0 Å². The van der Waals surface area contributed by atoms with E-state index in [1.165, 1.54) is 17.0 Å². The van der Waals surface area contributed by atoms with Gasteiger partial charge in [-0.05, 0) is 48.6 Å². The number of rotatable bonds is 5. The Morgan fingerprint density at radius 3 is 2.69 bits per heavy atom. The Bertz CT molecular complexity index is 1470. The molecule has 3 aromatic heterocycles. The number of alkyl halides is 2. The van der Waals surface area contributed by atoms with Crippen LogP contribution in [-0.2, 0) is 18.4 Å². The van der Waals surface area contributed by atoms with Crippen molar-refractivity contribution in [3.05, 3.63) is 63.8 Å². The minimum Gasteiger partial charge on any atom is -0.365 e. The zero-order valence-electron chi connectivity index (χ0n) is 19.5. The third-order valence-electron chi connectivity index (χ3n) is 6.87. The molecule has 0 bridgehead atoms. The number of hydrogen-bond acceptors (Lipinski definition) is 5. The molecule has 1 aromatic carbocycles. The number of hydrogen-bond donors (Lipinski definition) is 2. The number of anilines is 1. The largest absolute Gasteiger partial charge is 0.365 e. The van der Waals surface area contributed by atoms with Gasteiger partial charge in [-0.1, -0.05) is 0 Å². The smallest absolute Gasteiger partial charge is 0.264 e. The molecule has 8 nitrogen and oxygen atoms in total. The predicted molar refractivity (Wildman–Crippen MR) is 130 cm³/mol. The number of piperidine rings is 1. The van der Waals surface area contributed by atoms with Crippen molar-refractivity contribution in [1.82, 2.24) is 24.4 Å². The van der Waals surface area contributed by atoms with E-state index in [0.717, 1.165) is 0 Å². The molecule has 1 aliphatic heterocycles. The van der Waals surface area contributed by atoms with E-state index in [9.17, 15) is 18.4 Å². The lowest BCUT2D eigenvalue weighted by molar-refractivity contribution is -0.129. The van der Waals surface area contributed by atoms with Gasteiger partial charge >= 0.3 is 0 Å². The number of aryl methyl sites for hydroxylation is 1. The van der Waals surface area contributed by atoms with E-state index in [0.29, 0.717) is 64.8 Å². The third-order valence-corrected chi connectivity index (χ3v) is 6.87. The van der Waals surface area contributed by atoms with Gasteiger partial charge in [0.2, 0.25) is 5.91 Å². The molecular formula is C25H26F2N6O2. The molecule has 182 valence electrons. The topological polar surface area (TPSA) is 95.9 Å². The minimum atomic E-state index is -2.58. The summed E-state index contributed by atoms with van der Waals surface area (Å²) in [6.45, 7) is 3.06. The van der Waals surface area contributed by atoms with Crippen LogP contribution in [-0.4, -0.2) is 43.4 Å². The van der Waals surface area contributed by atoms with E-state index in [2.05, 4.69) is 20.3 Å². The molecule has 10 heteroatoms. The fourth-order valence-corrected chi connectivity index (χ4v) is 4.96. The number of nitrogens with zero attached hydrogens (tertiary/aromatic N) is 4. The number of halogens is 2. The molecule has 0 atom stereocenters. The summed E-state index contributed by atoms with van der Waals surface area (Å²) in [5.74, 6) is 0.603. The molecule has 2 N–H and O–H groups in total. The highest BCUT2D eigenvalue weighted by Gasteiger charge is 2.25. The van der Waals surface area contributed by atoms with Crippen molar-refractivity contribution in [3.8, 4) is 0 Å². The Hall–Kier alpha value is -3.82. The first kappa shape index (κ1) is 22.9. The number of carbonyl (C=O) groups excluding carboxylic acids is 1. The van der Waals surface area contributed by atoms with Crippen LogP contribution in [0, 0.1) is 0 Å². The highest BCUT2D eigenvalue weighted by atomic mass is 19.3. The summed E-state index contributed by atoms with van der Waals surface area (Å²) < 4.78 is 28.7. The second-order valence-corrected chi connectivity index (χ2v) is 8.98. The molecule has 1 fully saturated rings. The number of benzene rings is 1. The SMILES string of the molecule is CC(=O)N1CCC(c2cc3c(NCc4cc(C(F)F)c5cc[nH]c5c4)ncnc3n(C)c2=O)CC1. The molecule has 4 heterocycles. The number of nitrogens with one attached hydrogen (secondary N) is 2. The summed E-state index contributed by atoms with van der Waals surface area (Å²) >= 11 is 0. The summed E-state index contributed by atoms with van der Waals surface area (Å²) in [7, 11) is 1.68. The first-order chi connectivity index (χ1) is 16.8. The van der Waals surface area contributed by atoms with Crippen molar-refractivity contribution in [2.45, 2.75) is 38.7 Å². The minimum absolute atomic E-state index is 0.0188. The normalized spacial score (nSPS) is 14.8. The Kier molecular flexibility index (Phi) is 5.96. The van der Waals surface area contributed by atoms with Gasteiger partial charge in [-0.15, -0.1) is 0 Å². The average Bonchev–Trinajstić information content (AvgIpc) is 3.33. The molecular weight excluding hydrogens is 454 g/mol. The Morgan fingerprint density at radius 2 is 1.97 bits per heavy atom. The molecule has 4 aromatic rings.